The Morgan fingerprint density at radius 3 is 2.67 bits per heavy atom. The fraction of sp³-hybridized carbons (Fsp3) is 0.462. The number of carbonyl (C=O) groups excluding carboxylic acids is 1. The summed E-state index contributed by atoms with van der Waals surface area (Å²) in [4.78, 5) is 13.3. The molecule has 0 fully saturated rings. The zero-order valence-corrected chi connectivity index (χ0v) is 10.8. The topological polar surface area (TPSA) is 75.8 Å². The van der Waals surface area contributed by atoms with Gasteiger partial charge in [0.05, 0.1) is 13.2 Å². The van der Waals surface area contributed by atoms with Gasteiger partial charge >= 0.3 is 0 Å². The zero-order chi connectivity index (χ0) is 13.5. The minimum Gasteiger partial charge on any atom is -0.398 e. The Morgan fingerprint density at radius 2 is 2.17 bits per heavy atom. The normalized spacial score (nSPS) is 10.4. The quantitative estimate of drug-likeness (QED) is 0.557. The number of rotatable bonds is 7. The highest BCUT2D eigenvalue weighted by molar-refractivity contribution is 5.99. The molecular formula is C13H20N2O3. The number of Topliss-reactive ketones (excluding diaryl/α,β-unsaturated/α-hetero) is 1. The van der Waals surface area contributed by atoms with Gasteiger partial charge in [0.25, 0.3) is 0 Å². The van der Waals surface area contributed by atoms with Gasteiger partial charge < -0.3 is 20.5 Å². The molecule has 0 aliphatic rings. The summed E-state index contributed by atoms with van der Waals surface area (Å²) in [6.45, 7) is 3.27. The van der Waals surface area contributed by atoms with Crippen LogP contribution in [0.5, 0.6) is 0 Å². The van der Waals surface area contributed by atoms with Crippen LogP contribution in [0.25, 0.3) is 0 Å². The van der Waals surface area contributed by atoms with Gasteiger partial charge in [-0.15, -0.1) is 0 Å². The van der Waals surface area contributed by atoms with Crippen molar-refractivity contribution in [2.75, 3.05) is 44.0 Å². The number of anilines is 2. The van der Waals surface area contributed by atoms with E-state index in [0.29, 0.717) is 30.9 Å². The van der Waals surface area contributed by atoms with E-state index in [9.17, 15) is 4.79 Å². The Bertz CT molecular complexity index is 407. The predicted molar refractivity (Wildman–Crippen MR) is 72.0 cm³/mol. The molecule has 0 amide bonds. The van der Waals surface area contributed by atoms with E-state index in [1.165, 1.54) is 6.92 Å². The van der Waals surface area contributed by atoms with E-state index in [-0.39, 0.29) is 12.4 Å². The first-order valence-electron chi connectivity index (χ1n) is 5.85. The second-order valence-corrected chi connectivity index (χ2v) is 4.03. The second kappa shape index (κ2) is 6.98. The van der Waals surface area contributed by atoms with E-state index in [1.54, 1.807) is 19.2 Å². The van der Waals surface area contributed by atoms with Crippen LogP contribution in [0.3, 0.4) is 0 Å². The van der Waals surface area contributed by atoms with Crippen LogP contribution in [0.15, 0.2) is 18.2 Å². The Hall–Kier alpha value is -1.59. The molecule has 0 unspecified atom stereocenters. The maximum Gasteiger partial charge on any atom is 0.161 e. The summed E-state index contributed by atoms with van der Waals surface area (Å²) >= 11 is 0. The molecular weight excluding hydrogens is 232 g/mol. The molecule has 18 heavy (non-hydrogen) atoms. The fourth-order valence-electron chi connectivity index (χ4n) is 1.76. The number of hydrogen-bond donors (Lipinski definition) is 2. The van der Waals surface area contributed by atoms with Gasteiger partial charge in [0.15, 0.2) is 5.78 Å². The van der Waals surface area contributed by atoms with Crippen molar-refractivity contribution in [1.82, 2.24) is 0 Å². The molecule has 100 valence electrons. The Kier molecular flexibility index (Phi) is 5.61. The average Bonchev–Trinajstić information content (AvgIpc) is 2.33. The molecule has 0 atom stereocenters. The minimum atomic E-state index is -0.0513. The highest BCUT2D eigenvalue weighted by Crippen LogP contribution is 2.21. The number of nitrogens with two attached hydrogens (primary N) is 1. The molecule has 1 rings (SSSR count). The number of aliphatic hydroxyl groups is 1. The lowest BCUT2D eigenvalue weighted by Gasteiger charge is -2.24. The van der Waals surface area contributed by atoms with Crippen LogP contribution in [0.1, 0.15) is 17.3 Å². The van der Waals surface area contributed by atoms with Crippen LogP contribution in [-0.2, 0) is 4.74 Å². The number of aliphatic hydroxyl groups excluding tert-OH is 1. The van der Waals surface area contributed by atoms with Crippen LogP contribution in [-0.4, -0.2) is 44.3 Å². The third-order valence-electron chi connectivity index (χ3n) is 2.71. The SMILES string of the molecule is COCCN(CCO)c1ccc(C(C)=O)c(N)c1. The predicted octanol–water partition coefficient (Wildman–Crippen LogP) is 0.916. The number of nitrogens with zero attached hydrogens (tertiary/aromatic N) is 1. The lowest BCUT2D eigenvalue weighted by atomic mass is 10.1. The third-order valence-corrected chi connectivity index (χ3v) is 2.71. The molecule has 1 aromatic rings. The van der Waals surface area contributed by atoms with Crippen LogP contribution in [0.2, 0.25) is 0 Å². The minimum absolute atomic E-state index is 0.0513. The molecule has 5 nitrogen and oxygen atoms in total. The van der Waals surface area contributed by atoms with Crippen LogP contribution >= 0.6 is 0 Å². The van der Waals surface area contributed by atoms with Crippen molar-refractivity contribution in [2.24, 2.45) is 0 Å². The van der Waals surface area contributed by atoms with Gasteiger partial charge in [0, 0.05) is 37.1 Å². The van der Waals surface area contributed by atoms with Crippen LogP contribution in [0, 0.1) is 0 Å². The monoisotopic (exact) mass is 252 g/mol. The molecule has 1 aromatic carbocycles. The summed E-state index contributed by atoms with van der Waals surface area (Å²) in [5, 5.41) is 9.04. The zero-order valence-electron chi connectivity index (χ0n) is 10.8. The number of ketones is 1. The van der Waals surface area contributed by atoms with Crippen molar-refractivity contribution in [2.45, 2.75) is 6.92 Å². The van der Waals surface area contributed by atoms with Crippen molar-refractivity contribution in [3.8, 4) is 0 Å². The number of methoxy groups -OCH3 is 1. The van der Waals surface area contributed by atoms with Gasteiger partial charge in [-0.25, -0.2) is 0 Å². The van der Waals surface area contributed by atoms with Crippen molar-refractivity contribution >= 4 is 17.2 Å². The summed E-state index contributed by atoms with van der Waals surface area (Å²) in [7, 11) is 1.63. The maximum atomic E-state index is 11.3. The highest BCUT2D eigenvalue weighted by atomic mass is 16.5. The molecule has 0 aliphatic carbocycles. The van der Waals surface area contributed by atoms with E-state index >= 15 is 0 Å². The highest BCUT2D eigenvalue weighted by Gasteiger charge is 2.10. The van der Waals surface area contributed by atoms with E-state index in [0.717, 1.165) is 5.69 Å². The average molecular weight is 252 g/mol. The number of nitrogen functional groups attached to an aromatic ring is 1. The molecule has 0 saturated heterocycles. The van der Waals surface area contributed by atoms with Gasteiger partial charge in [-0.05, 0) is 25.1 Å². The van der Waals surface area contributed by atoms with Gasteiger partial charge in [-0.3, -0.25) is 4.79 Å². The first kappa shape index (κ1) is 14.5. The molecule has 0 heterocycles. The second-order valence-electron chi connectivity index (χ2n) is 4.03. The third kappa shape index (κ3) is 3.72. The molecule has 0 aromatic heterocycles. The summed E-state index contributed by atoms with van der Waals surface area (Å²) in [5.41, 5.74) is 7.70. The van der Waals surface area contributed by atoms with Gasteiger partial charge in [-0.2, -0.15) is 0 Å². The van der Waals surface area contributed by atoms with Crippen molar-refractivity contribution in [3.63, 3.8) is 0 Å². The first-order chi connectivity index (χ1) is 8.60. The Balaban J connectivity index is 2.91. The Labute approximate surface area is 107 Å². The van der Waals surface area contributed by atoms with Gasteiger partial charge in [-0.1, -0.05) is 0 Å². The summed E-state index contributed by atoms with van der Waals surface area (Å²) in [6.07, 6.45) is 0. The molecule has 5 heteroatoms. The van der Waals surface area contributed by atoms with E-state index in [1.807, 2.05) is 11.0 Å². The molecule has 0 aliphatic heterocycles. The van der Waals surface area contributed by atoms with Crippen molar-refractivity contribution in [1.29, 1.82) is 0 Å². The first-order valence-corrected chi connectivity index (χ1v) is 5.85. The summed E-state index contributed by atoms with van der Waals surface area (Å²) < 4.78 is 5.02. The van der Waals surface area contributed by atoms with Crippen molar-refractivity contribution < 1.29 is 14.6 Å². The molecule has 0 bridgehead atoms. The van der Waals surface area contributed by atoms with Gasteiger partial charge in [0.1, 0.15) is 0 Å². The molecule has 0 radical (unpaired) electrons. The Morgan fingerprint density at radius 1 is 1.44 bits per heavy atom. The largest absolute Gasteiger partial charge is 0.398 e. The number of hydrogen-bond acceptors (Lipinski definition) is 5. The number of carbonyl (C=O) groups is 1. The maximum absolute atomic E-state index is 11.3. The van der Waals surface area contributed by atoms with Crippen LogP contribution < -0.4 is 10.6 Å². The van der Waals surface area contributed by atoms with Crippen molar-refractivity contribution in [3.05, 3.63) is 23.8 Å². The summed E-state index contributed by atoms with van der Waals surface area (Å²) in [6, 6.07) is 5.30. The lowest BCUT2D eigenvalue weighted by molar-refractivity contribution is 0.101. The molecule has 0 saturated carbocycles. The summed E-state index contributed by atoms with van der Waals surface area (Å²) in [5.74, 6) is -0.0513. The van der Waals surface area contributed by atoms with E-state index in [4.69, 9.17) is 15.6 Å². The smallest absolute Gasteiger partial charge is 0.161 e. The van der Waals surface area contributed by atoms with E-state index in [2.05, 4.69) is 0 Å². The number of benzene rings is 1. The van der Waals surface area contributed by atoms with Gasteiger partial charge in [0.2, 0.25) is 0 Å². The molecule has 3 N–H and O–H groups in total. The number of ether oxygens (including phenoxy) is 1. The van der Waals surface area contributed by atoms with Crippen LogP contribution in [0.4, 0.5) is 11.4 Å². The fourth-order valence-corrected chi connectivity index (χ4v) is 1.76. The lowest BCUT2D eigenvalue weighted by Crippen LogP contribution is -2.30. The van der Waals surface area contributed by atoms with E-state index < -0.39 is 0 Å². The molecule has 0 spiro atoms. The standard InChI is InChI=1S/C13H20N2O3/c1-10(17)12-4-3-11(9-13(12)14)15(5-7-16)6-8-18-2/h3-4,9,16H,5-8,14H2,1-2H3.